The highest BCUT2D eigenvalue weighted by Gasteiger charge is 2.21. The average Bonchev–Trinajstić information content (AvgIpc) is 2.96. The molecule has 6 heteroatoms. The first kappa shape index (κ1) is 15.1. The number of nitrogens with zero attached hydrogens (tertiary/aromatic N) is 3. The Labute approximate surface area is 134 Å². The minimum absolute atomic E-state index is 0.0741. The minimum atomic E-state index is -0.0741. The monoisotopic (exact) mass is 317 g/mol. The predicted molar refractivity (Wildman–Crippen MR) is 86.8 cm³/mol. The van der Waals surface area contributed by atoms with Crippen LogP contribution in [0.5, 0.6) is 5.75 Å². The molecule has 1 aliphatic rings. The second-order valence-corrected chi connectivity index (χ2v) is 6.58. The summed E-state index contributed by atoms with van der Waals surface area (Å²) in [5, 5.41) is 8.89. The van der Waals surface area contributed by atoms with Gasteiger partial charge in [0.05, 0.1) is 0 Å². The Kier molecular flexibility index (Phi) is 4.80. The van der Waals surface area contributed by atoms with Crippen LogP contribution >= 0.6 is 11.8 Å². The summed E-state index contributed by atoms with van der Waals surface area (Å²) in [6.07, 6.45) is 3.24. The Morgan fingerprint density at radius 3 is 2.86 bits per heavy atom. The van der Waals surface area contributed by atoms with Crippen LogP contribution in [0, 0.1) is 0 Å². The second-order valence-electron chi connectivity index (χ2n) is 5.29. The van der Waals surface area contributed by atoms with Gasteiger partial charge in [0.1, 0.15) is 16.9 Å². The van der Waals surface area contributed by atoms with Crippen LogP contribution < -0.4 is 4.74 Å². The van der Waals surface area contributed by atoms with E-state index >= 15 is 0 Å². The lowest BCUT2D eigenvalue weighted by Gasteiger charge is -2.22. The van der Waals surface area contributed by atoms with Gasteiger partial charge in [0.25, 0.3) is 0 Å². The third-order valence-corrected chi connectivity index (χ3v) is 4.35. The lowest BCUT2D eigenvalue weighted by atomic mass is 10.1. The van der Waals surface area contributed by atoms with E-state index in [1.165, 1.54) is 17.3 Å². The van der Waals surface area contributed by atoms with E-state index in [0.717, 1.165) is 36.0 Å². The number of ether oxygens (including phenoxy) is 1. The Morgan fingerprint density at radius 1 is 1.27 bits per heavy atom. The van der Waals surface area contributed by atoms with Crippen molar-refractivity contribution >= 4 is 17.3 Å². The third kappa shape index (κ3) is 3.69. The molecule has 3 rings (SSSR count). The number of thioether (sulfide) groups is 1. The summed E-state index contributed by atoms with van der Waals surface area (Å²) < 4.78 is 10.8. The van der Waals surface area contributed by atoms with Crippen molar-refractivity contribution in [2.45, 2.75) is 23.8 Å². The molecule has 116 valence electrons. The summed E-state index contributed by atoms with van der Waals surface area (Å²) in [6, 6.07) is 9.77. The Hall–Kier alpha value is -1.79. The molecular formula is C16H19N3O2S. The molecular weight excluding hydrogens is 298 g/mol. The summed E-state index contributed by atoms with van der Waals surface area (Å²) in [5.74, 6) is 0.845. The van der Waals surface area contributed by atoms with E-state index in [9.17, 15) is 0 Å². The molecule has 1 atom stereocenters. The van der Waals surface area contributed by atoms with Crippen molar-refractivity contribution in [3.05, 3.63) is 42.1 Å². The molecule has 0 saturated heterocycles. The van der Waals surface area contributed by atoms with Crippen molar-refractivity contribution < 1.29 is 9.37 Å². The van der Waals surface area contributed by atoms with Gasteiger partial charge < -0.3 is 9.64 Å². The Morgan fingerprint density at radius 2 is 2.09 bits per heavy atom. The largest absolute Gasteiger partial charge is 0.480 e. The molecule has 1 aromatic heterocycles. The molecule has 0 amide bonds. The summed E-state index contributed by atoms with van der Waals surface area (Å²) in [6.45, 7) is 3.94. The molecule has 2 heterocycles. The summed E-state index contributed by atoms with van der Waals surface area (Å²) in [4.78, 5) is 2.27. The zero-order valence-corrected chi connectivity index (χ0v) is 13.5. The van der Waals surface area contributed by atoms with Crippen LogP contribution in [0.2, 0.25) is 0 Å². The zero-order valence-electron chi connectivity index (χ0n) is 12.7. The maximum atomic E-state index is 5.87. The van der Waals surface area contributed by atoms with E-state index in [2.05, 4.69) is 28.3 Å². The Balaban J connectivity index is 1.68. The number of likely N-dealkylation sites (N-methyl/N-ethyl adjacent to an activating group) is 1. The Bertz CT molecular complexity index is 642. The van der Waals surface area contributed by atoms with E-state index in [4.69, 9.17) is 9.37 Å². The van der Waals surface area contributed by atoms with Crippen molar-refractivity contribution in [3.8, 4) is 5.75 Å². The molecule has 1 unspecified atom stereocenters. The van der Waals surface area contributed by atoms with Crippen LogP contribution in [0.1, 0.15) is 19.0 Å². The number of rotatable bonds is 5. The first-order chi connectivity index (χ1) is 10.7. The first-order valence-corrected chi connectivity index (χ1v) is 8.19. The molecule has 0 spiro atoms. The summed E-state index contributed by atoms with van der Waals surface area (Å²) >= 11 is 1.52. The molecule has 1 aliphatic heterocycles. The quantitative estimate of drug-likeness (QED) is 0.623. The topological polar surface area (TPSA) is 51.4 Å². The van der Waals surface area contributed by atoms with Crippen LogP contribution in [-0.4, -0.2) is 40.8 Å². The molecule has 22 heavy (non-hydrogen) atoms. The van der Waals surface area contributed by atoms with Gasteiger partial charge in [-0.15, -0.1) is 0 Å². The minimum Gasteiger partial charge on any atom is -0.480 e. The number of para-hydroxylation sites is 1. The summed E-state index contributed by atoms with van der Waals surface area (Å²) in [5.41, 5.74) is 1.93. The van der Waals surface area contributed by atoms with Crippen LogP contribution in [0.25, 0.3) is 5.57 Å². The highest BCUT2D eigenvalue weighted by Crippen LogP contribution is 2.31. The number of aromatic nitrogens is 2. The van der Waals surface area contributed by atoms with Crippen molar-refractivity contribution in [1.29, 1.82) is 0 Å². The normalized spacial score (nSPS) is 17.1. The van der Waals surface area contributed by atoms with E-state index in [0.29, 0.717) is 0 Å². The van der Waals surface area contributed by atoms with E-state index in [1.54, 1.807) is 0 Å². The molecule has 2 aromatic rings. The van der Waals surface area contributed by atoms with Crippen LogP contribution in [0.3, 0.4) is 0 Å². The van der Waals surface area contributed by atoms with Crippen LogP contribution in [0.15, 0.2) is 46.1 Å². The van der Waals surface area contributed by atoms with Gasteiger partial charge in [-0.3, -0.25) is 0 Å². The van der Waals surface area contributed by atoms with Crippen molar-refractivity contribution in [1.82, 2.24) is 15.2 Å². The van der Waals surface area contributed by atoms with E-state index in [1.807, 2.05) is 37.3 Å². The van der Waals surface area contributed by atoms with Crippen molar-refractivity contribution in [2.75, 3.05) is 20.1 Å². The van der Waals surface area contributed by atoms with Gasteiger partial charge >= 0.3 is 0 Å². The van der Waals surface area contributed by atoms with Crippen LogP contribution in [0.4, 0.5) is 0 Å². The third-order valence-electron chi connectivity index (χ3n) is 3.43. The number of benzene rings is 1. The molecule has 0 N–H and O–H groups in total. The first-order valence-electron chi connectivity index (χ1n) is 7.31. The molecule has 0 saturated carbocycles. The highest BCUT2D eigenvalue weighted by molar-refractivity contribution is 7.99. The van der Waals surface area contributed by atoms with E-state index in [-0.39, 0.29) is 5.44 Å². The molecule has 0 aliphatic carbocycles. The predicted octanol–water partition coefficient (Wildman–Crippen LogP) is 3.31. The van der Waals surface area contributed by atoms with Crippen molar-refractivity contribution in [3.63, 3.8) is 0 Å². The van der Waals surface area contributed by atoms with E-state index < -0.39 is 0 Å². The smallest absolute Gasteiger partial charge is 0.172 e. The second kappa shape index (κ2) is 6.98. The zero-order chi connectivity index (χ0) is 15.4. The lowest BCUT2D eigenvalue weighted by Crippen LogP contribution is -2.25. The molecule has 5 nitrogen and oxygen atoms in total. The van der Waals surface area contributed by atoms with Crippen LogP contribution in [-0.2, 0) is 0 Å². The summed E-state index contributed by atoms with van der Waals surface area (Å²) in [7, 11) is 2.11. The van der Waals surface area contributed by atoms with Gasteiger partial charge in [-0.2, -0.15) is 0 Å². The van der Waals surface area contributed by atoms with Gasteiger partial charge in [-0.05, 0) is 48.4 Å². The molecule has 0 fully saturated rings. The fraction of sp³-hybridized carbons (Fsp3) is 0.375. The fourth-order valence-electron chi connectivity index (χ4n) is 2.39. The number of hydrogen-bond acceptors (Lipinski definition) is 6. The van der Waals surface area contributed by atoms with Gasteiger partial charge in [0.2, 0.25) is 0 Å². The van der Waals surface area contributed by atoms with Gasteiger partial charge in [0.15, 0.2) is 5.03 Å². The average molecular weight is 317 g/mol. The van der Waals surface area contributed by atoms with Gasteiger partial charge in [-0.1, -0.05) is 36.0 Å². The number of hydrogen-bond donors (Lipinski definition) is 0. The maximum absolute atomic E-state index is 5.87. The highest BCUT2D eigenvalue weighted by atomic mass is 32.2. The SMILES string of the molecule is CC(Oc1ccccc1)Sc1nonc1C1=CCCN(C)C1. The fourth-order valence-corrected chi connectivity index (χ4v) is 3.22. The lowest BCUT2D eigenvalue weighted by molar-refractivity contribution is 0.293. The molecule has 0 radical (unpaired) electrons. The van der Waals surface area contributed by atoms with Gasteiger partial charge in [0, 0.05) is 13.1 Å². The van der Waals surface area contributed by atoms with Crippen molar-refractivity contribution in [2.24, 2.45) is 0 Å². The van der Waals surface area contributed by atoms with Gasteiger partial charge in [-0.25, -0.2) is 4.63 Å². The molecule has 0 bridgehead atoms. The standard InChI is InChI=1S/C16H19N3O2S/c1-12(20-14-8-4-3-5-9-14)22-16-15(17-21-18-16)13-7-6-10-19(2)11-13/h3-5,7-9,12H,6,10-11H2,1-2H3. The maximum Gasteiger partial charge on any atom is 0.172 e. The molecule has 1 aromatic carbocycles.